The van der Waals surface area contributed by atoms with E-state index < -0.39 is 0 Å². The van der Waals surface area contributed by atoms with Gasteiger partial charge in [-0.2, -0.15) is 0 Å². The molecule has 0 unspecified atom stereocenters. The van der Waals surface area contributed by atoms with Crippen LogP contribution in [0.4, 0.5) is 4.39 Å². The Bertz CT molecular complexity index is 550. The van der Waals surface area contributed by atoms with Gasteiger partial charge in [0.05, 0.1) is 5.69 Å². The molecule has 1 aromatic heterocycles. The van der Waals surface area contributed by atoms with E-state index in [1.807, 2.05) is 0 Å². The molecule has 1 aromatic carbocycles. The molecule has 0 saturated heterocycles. The molecule has 4 heteroatoms. The van der Waals surface area contributed by atoms with Gasteiger partial charge in [0, 0.05) is 16.7 Å². The van der Waals surface area contributed by atoms with Crippen LogP contribution in [0.25, 0.3) is 5.69 Å². The maximum Gasteiger partial charge on any atom is 0.255 e. The molecule has 2 rings (SSSR count). The summed E-state index contributed by atoms with van der Waals surface area (Å²) < 4.78 is 15.1. The summed E-state index contributed by atoms with van der Waals surface area (Å²) >= 11 is 3.26. The van der Waals surface area contributed by atoms with E-state index in [1.54, 1.807) is 24.4 Å². The summed E-state index contributed by atoms with van der Waals surface area (Å²) in [5.41, 5.74) is 0.324. The van der Waals surface area contributed by atoms with Gasteiger partial charge in [0.2, 0.25) is 0 Å². The predicted octanol–water partition coefficient (Wildman–Crippen LogP) is 2.74. The van der Waals surface area contributed by atoms with E-state index in [1.165, 1.54) is 22.8 Å². The lowest BCUT2D eigenvalue weighted by Crippen LogP contribution is -2.16. The first-order chi connectivity index (χ1) is 7.16. The second-order valence-corrected chi connectivity index (χ2v) is 3.95. The molecule has 0 spiro atoms. The normalized spacial score (nSPS) is 10.3. The summed E-state index contributed by atoms with van der Waals surface area (Å²) in [6, 6.07) is 8.97. The summed E-state index contributed by atoms with van der Waals surface area (Å²) in [7, 11) is 0. The number of rotatable bonds is 1. The highest BCUT2D eigenvalue weighted by Gasteiger charge is 2.00. The highest BCUT2D eigenvalue weighted by molar-refractivity contribution is 9.10. The smallest absolute Gasteiger partial charge is 0.255 e. The Morgan fingerprint density at radius 2 is 2.00 bits per heavy atom. The molecule has 0 amide bonds. The Labute approximate surface area is 94.1 Å². The zero-order chi connectivity index (χ0) is 10.8. The minimum Gasteiger partial charge on any atom is -0.283 e. The fraction of sp³-hybridized carbons (Fsp3) is 0. The highest BCUT2D eigenvalue weighted by atomic mass is 79.9. The largest absolute Gasteiger partial charge is 0.283 e. The number of benzene rings is 1. The minimum atomic E-state index is -0.362. The third kappa shape index (κ3) is 2.15. The number of nitrogens with zero attached hydrogens (tertiary/aromatic N) is 1. The molecule has 0 fully saturated rings. The van der Waals surface area contributed by atoms with E-state index in [4.69, 9.17) is 0 Å². The zero-order valence-electron chi connectivity index (χ0n) is 7.65. The molecular formula is C11H7BrFNO. The first-order valence-electron chi connectivity index (χ1n) is 4.31. The first kappa shape index (κ1) is 10.1. The number of aromatic nitrogens is 1. The van der Waals surface area contributed by atoms with Crippen molar-refractivity contribution in [1.82, 2.24) is 4.57 Å². The molecule has 1 heterocycles. The van der Waals surface area contributed by atoms with Crippen molar-refractivity contribution in [2.45, 2.75) is 0 Å². The van der Waals surface area contributed by atoms with Crippen LogP contribution in [0.15, 0.2) is 51.9 Å². The molecular weight excluding hydrogens is 261 g/mol. The van der Waals surface area contributed by atoms with E-state index in [0.717, 1.165) is 4.47 Å². The van der Waals surface area contributed by atoms with Crippen LogP contribution in [0.1, 0.15) is 0 Å². The van der Waals surface area contributed by atoms with Crippen molar-refractivity contribution < 1.29 is 4.39 Å². The molecule has 0 radical (unpaired) electrons. The number of hydrogen-bond donors (Lipinski definition) is 0. The summed E-state index contributed by atoms with van der Waals surface area (Å²) in [5.74, 6) is -0.362. The summed E-state index contributed by atoms with van der Waals surface area (Å²) in [6.45, 7) is 0. The monoisotopic (exact) mass is 267 g/mol. The number of halogens is 2. The van der Waals surface area contributed by atoms with Gasteiger partial charge < -0.3 is 0 Å². The van der Waals surface area contributed by atoms with Gasteiger partial charge in [0.15, 0.2) is 0 Å². The molecule has 0 saturated carbocycles. The van der Waals surface area contributed by atoms with Crippen LogP contribution < -0.4 is 5.56 Å². The van der Waals surface area contributed by atoms with E-state index >= 15 is 0 Å². The maximum atomic E-state index is 13.0. The van der Waals surface area contributed by atoms with Gasteiger partial charge in [0.1, 0.15) is 5.82 Å². The van der Waals surface area contributed by atoms with Crippen LogP contribution >= 0.6 is 15.9 Å². The average Bonchev–Trinajstić information content (AvgIpc) is 2.22. The van der Waals surface area contributed by atoms with Gasteiger partial charge in [-0.15, -0.1) is 0 Å². The third-order valence-electron chi connectivity index (χ3n) is 1.96. The van der Waals surface area contributed by atoms with Crippen LogP contribution in [-0.4, -0.2) is 4.57 Å². The minimum absolute atomic E-state index is 0.191. The zero-order valence-corrected chi connectivity index (χ0v) is 9.24. The molecule has 0 N–H and O–H groups in total. The van der Waals surface area contributed by atoms with Crippen LogP contribution in [0.3, 0.4) is 0 Å². The average molecular weight is 268 g/mol. The highest BCUT2D eigenvalue weighted by Crippen LogP contribution is 2.11. The van der Waals surface area contributed by atoms with Crippen LogP contribution in [-0.2, 0) is 0 Å². The Morgan fingerprint density at radius 1 is 1.20 bits per heavy atom. The van der Waals surface area contributed by atoms with Crippen molar-refractivity contribution in [1.29, 1.82) is 0 Å². The third-order valence-corrected chi connectivity index (χ3v) is 2.43. The second-order valence-electron chi connectivity index (χ2n) is 3.04. The Balaban J connectivity index is 2.63. The lowest BCUT2D eigenvalue weighted by atomic mass is 10.3. The number of pyridine rings is 1. The van der Waals surface area contributed by atoms with Gasteiger partial charge in [0.25, 0.3) is 5.56 Å². The van der Waals surface area contributed by atoms with Gasteiger partial charge >= 0.3 is 0 Å². The molecule has 0 aliphatic heterocycles. The molecule has 76 valence electrons. The lowest BCUT2D eigenvalue weighted by Gasteiger charge is -2.05. The van der Waals surface area contributed by atoms with Gasteiger partial charge in [-0.25, -0.2) is 4.39 Å². The van der Waals surface area contributed by atoms with Crippen LogP contribution in [0.5, 0.6) is 0 Å². The maximum absolute atomic E-state index is 13.0. The van der Waals surface area contributed by atoms with Crippen LogP contribution in [0.2, 0.25) is 0 Å². The molecule has 0 bridgehead atoms. The van der Waals surface area contributed by atoms with Crippen LogP contribution in [0, 0.1) is 5.82 Å². The van der Waals surface area contributed by atoms with Crippen molar-refractivity contribution in [3.8, 4) is 5.69 Å². The Kier molecular flexibility index (Phi) is 2.68. The topological polar surface area (TPSA) is 22.0 Å². The molecule has 0 atom stereocenters. The van der Waals surface area contributed by atoms with Gasteiger partial charge in [-0.05, 0) is 40.2 Å². The van der Waals surface area contributed by atoms with E-state index in [2.05, 4.69) is 15.9 Å². The standard InChI is InChI=1S/C11H7BrFNO/c12-8-4-5-11(15)14(7-8)10-3-1-2-9(13)6-10/h1-7H. The fourth-order valence-electron chi connectivity index (χ4n) is 1.29. The summed E-state index contributed by atoms with van der Waals surface area (Å²) in [4.78, 5) is 11.5. The fourth-order valence-corrected chi connectivity index (χ4v) is 1.63. The van der Waals surface area contributed by atoms with Crippen molar-refractivity contribution >= 4 is 15.9 Å². The summed E-state index contributed by atoms with van der Waals surface area (Å²) in [5, 5.41) is 0. The second kappa shape index (κ2) is 3.98. The molecule has 2 nitrogen and oxygen atoms in total. The van der Waals surface area contributed by atoms with Crippen molar-refractivity contribution in [2.75, 3.05) is 0 Å². The molecule has 0 aliphatic rings. The molecule has 2 aromatic rings. The van der Waals surface area contributed by atoms with E-state index in [-0.39, 0.29) is 11.4 Å². The van der Waals surface area contributed by atoms with Crippen molar-refractivity contribution in [3.05, 3.63) is 63.2 Å². The van der Waals surface area contributed by atoms with Crippen molar-refractivity contribution in [2.24, 2.45) is 0 Å². The predicted molar refractivity (Wildman–Crippen MR) is 59.7 cm³/mol. The number of hydrogen-bond acceptors (Lipinski definition) is 1. The Morgan fingerprint density at radius 3 is 2.73 bits per heavy atom. The lowest BCUT2D eigenvalue weighted by molar-refractivity contribution is 0.626. The van der Waals surface area contributed by atoms with E-state index in [0.29, 0.717) is 5.69 Å². The summed E-state index contributed by atoms with van der Waals surface area (Å²) in [6.07, 6.45) is 1.61. The van der Waals surface area contributed by atoms with Gasteiger partial charge in [-0.3, -0.25) is 9.36 Å². The van der Waals surface area contributed by atoms with E-state index in [9.17, 15) is 9.18 Å². The molecule has 0 aliphatic carbocycles. The van der Waals surface area contributed by atoms with Gasteiger partial charge in [-0.1, -0.05) is 6.07 Å². The molecule has 15 heavy (non-hydrogen) atoms. The van der Waals surface area contributed by atoms with Crippen molar-refractivity contribution in [3.63, 3.8) is 0 Å². The SMILES string of the molecule is O=c1ccc(Br)cn1-c1cccc(F)c1. The Hall–Kier alpha value is -1.42. The first-order valence-corrected chi connectivity index (χ1v) is 5.10. The quantitative estimate of drug-likeness (QED) is 0.779.